The number of rotatable bonds is 1. The number of carbonyl (C=O) groups is 3. The SMILES string of the molecule is CC(=O)SC1=C2CC[C@@H]3[C@H](CC[C@]4(C)C(=O)OC[C@@H]34)[C@@]2(C)CCC1=O. The molecule has 0 bridgehead atoms. The van der Waals surface area contributed by atoms with Crippen molar-refractivity contribution in [2.24, 2.45) is 28.6 Å². The zero-order valence-corrected chi connectivity index (χ0v) is 16.0. The molecule has 5 atom stereocenters. The second-order valence-electron chi connectivity index (χ2n) is 8.71. The van der Waals surface area contributed by atoms with Crippen molar-refractivity contribution >= 4 is 28.6 Å². The molecule has 2 saturated carbocycles. The minimum absolute atomic E-state index is 0.00627. The third-order valence-corrected chi connectivity index (χ3v) is 8.53. The zero-order chi connectivity index (χ0) is 18.0. The lowest BCUT2D eigenvalue weighted by atomic mass is 9.47. The van der Waals surface area contributed by atoms with Gasteiger partial charge in [-0.05, 0) is 73.6 Å². The highest BCUT2D eigenvalue weighted by Gasteiger charge is 2.61. The highest BCUT2D eigenvalue weighted by Crippen LogP contribution is 2.64. The number of Topliss-reactive ketones (excluding diaryl/α,β-unsaturated/α-hetero) is 1. The van der Waals surface area contributed by atoms with E-state index < -0.39 is 0 Å². The summed E-state index contributed by atoms with van der Waals surface area (Å²) in [5.41, 5.74) is 0.890. The van der Waals surface area contributed by atoms with Crippen molar-refractivity contribution in [3.63, 3.8) is 0 Å². The minimum atomic E-state index is -0.319. The third kappa shape index (κ3) is 2.37. The van der Waals surface area contributed by atoms with Crippen LogP contribution in [0.2, 0.25) is 0 Å². The summed E-state index contributed by atoms with van der Waals surface area (Å²) in [5.74, 6) is 1.40. The lowest BCUT2D eigenvalue weighted by Gasteiger charge is -2.56. The molecule has 4 rings (SSSR count). The first-order chi connectivity index (χ1) is 11.8. The van der Waals surface area contributed by atoms with Gasteiger partial charge in [0.25, 0.3) is 0 Å². The minimum Gasteiger partial charge on any atom is -0.465 e. The number of esters is 1. The number of hydrogen-bond acceptors (Lipinski definition) is 5. The Morgan fingerprint density at radius 2 is 1.84 bits per heavy atom. The van der Waals surface area contributed by atoms with Gasteiger partial charge in [-0.25, -0.2) is 0 Å². The van der Waals surface area contributed by atoms with Gasteiger partial charge < -0.3 is 4.74 Å². The Labute approximate surface area is 153 Å². The maximum absolute atomic E-state index is 12.5. The van der Waals surface area contributed by atoms with Crippen molar-refractivity contribution in [3.8, 4) is 0 Å². The molecule has 0 aromatic heterocycles. The predicted octanol–water partition coefficient (Wildman–Crippen LogP) is 3.89. The zero-order valence-electron chi connectivity index (χ0n) is 15.2. The first-order valence-electron chi connectivity index (χ1n) is 9.40. The number of hydrogen-bond donors (Lipinski definition) is 0. The molecular formula is C20H26O4S. The van der Waals surface area contributed by atoms with Crippen LogP contribution in [0.1, 0.15) is 59.3 Å². The van der Waals surface area contributed by atoms with Gasteiger partial charge in [0.05, 0.1) is 16.9 Å². The largest absolute Gasteiger partial charge is 0.465 e. The number of carbonyl (C=O) groups excluding carboxylic acids is 3. The third-order valence-electron chi connectivity index (χ3n) is 7.57. The van der Waals surface area contributed by atoms with E-state index in [1.165, 1.54) is 12.5 Å². The van der Waals surface area contributed by atoms with Crippen molar-refractivity contribution < 1.29 is 19.1 Å². The Hall–Kier alpha value is -1.10. The maximum atomic E-state index is 12.5. The van der Waals surface area contributed by atoms with Crippen LogP contribution in [0.5, 0.6) is 0 Å². The van der Waals surface area contributed by atoms with Gasteiger partial charge in [-0.3, -0.25) is 14.4 Å². The van der Waals surface area contributed by atoms with E-state index in [1.807, 2.05) is 0 Å². The number of cyclic esters (lactones) is 1. The van der Waals surface area contributed by atoms with Gasteiger partial charge in [-0.2, -0.15) is 0 Å². The van der Waals surface area contributed by atoms with Gasteiger partial charge in [0.1, 0.15) is 0 Å². The fourth-order valence-electron chi connectivity index (χ4n) is 6.14. The highest BCUT2D eigenvalue weighted by molar-refractivity contribution is 8.17. The Balaban J connectivity index is 1.72. The van der Waals surface area contributed by atoms with E-state index in [4.69, 9.17) is 4.74 Å². The van der Waals surface area contributed by atoms with Crippen molar-refractivity contribution in [3.05, 3.63) is 10.5 Å². The second-order valence-corrected chi connectivity index (χ2v) is 9.90. The predicted molar refractivity (Wildman–Crippen MR) is 95.7 cm³/mol. The topological polar surface area (TPSA) is 60.4 Å². The van der Waals surface area contributed by atoms with Gasteiger partial charge in [-0.15, -0.1) is 0 Å². The number of ketones is 1. The van der Waals surface area contributed by atoms with Crippen molar-refractivity contribution in [2.75, 3.05) is 6.61 Å². The maximum Gasteiger partial charge on any atom is 0.312 e. The van der Waals surface area contributed by atoms with Crippen LogP contribution >= 0.6 is 11.8 Å². The fraction of sp³-hybridized carbons (Fsp3) is 0.750. The monoisotopic (exact) mass is 362 g/mol. The van der Waals surface area contributed by atoms with Crippen LogP contribution in [-0.4, -0.2) is 23.5 Å². The molecule has 1 aliphatic heterocycles. The summed E-state index contributed by atoms with van der Waals surface area (Å²) in [4.78, 5) is 37.1. The molecule has 25 heavy (non-hydrogen) atoms. The molecule has 0 aromatic rings. The Morgan fingerprint density at radius 1 is 1.08 bits per heavy atom. The van der Waals surface area contributed by atoms with Crippen LogP contribution in [0.15, 0.2) is 10.5 Å². The van der Waals surface area contributed by atoms with Gasteiger partial charge in [0, 0.05) is 19.3 Å². The molecule has 0 aromatic carbocycles. The van der Waals surface area contributed by atoms with E-state index in [2.05, 4.69) is 13.8 Å². The summed E-state index contributed by atoms with van der Waals surface area (Å²) in [6.07, 6.45) is 5.18. The molecule has 4 aliphatic rings. The van der Waals surface area contributed by atoms with Crippen LogP contribution in [0.3, 0.4) is 0 Å². The lowest BCUT2D eigenvalue weighted by Crippen LogP contribution is -2.51. The number of thioether (sulfide) groups is 1. The number of fused-ring (bicyclic) bond motifs is 5. The van der Waals surface area contributed by atoms with E-state index in [9.17, 15) is 14.4 Å². The molecule has 0 N–H and O–H groups in total. The van der Waals surface area contributed by atoms with Crippen LogP contribution < -0.4 is 0 Å². The molecule has 3 aliphatic carbocycles. The molecule has 4 nitrogen and oxygen atoms in total. The summed E-state index contributed by atoms with van der Waals surface area (Å²) in [6.45, 7) is 6.47. The molecule has 0 spiro atoms. The first-order valence-corrected chi connectivity index (χ1v) is 10.2. The second kappa shape index (κ2) is 5.70. The summed E-state index contributed by atoms with van der Waals surface area (Å²) < 4.78 is 5.46. The number of ether oxygens (including phenoxy) is 1. The van der Waals surface area contributed by atoms with Crippen LogP contribution in [0, 0.1) is 28.6 Å². The van der Waals surface area contributed by atoms with Crippen molar-refractivity contribution in [1.82, 2.24) is 0 Å². The Bertz CT molecular complexity index is 696. The average molecular weight is 362 g/mol. The first kappa shape index (κ1) is 17.3. The van der Waals surface area contributed by atoms with Crippen LogP contribution in [0.4, 0.5) is 0 Å². The highest BCUT2D eigenvalue weighted by atomic mass is 32.2. The average Bonchev–Trinajstić information content (AvgIpc) is 2.86. The molecule has 0 unspecified atom stereocenters. The summed E-state index contributed by atoms with van der Waals surface area (Å²) >= 11 is 1.14. The molecule has 3 fully saturated rings. The fourth-order valence-corrected chi connectivity index (χ4v) is 7.10. The normalized spacial score (nSPS) is 43.2. The Kier molecular flexibility index (Phi) is 3.95. The van der Waals surface area contributed by atoms with E-state index >= 15 is 0 Å². The standard InChI is InChI=1S/C20H26O4S/c1-11(21)25-17-14-5-4-12-13(19(14,2)9-7-16(17)22)6-8-20(3)15(12)10-24-18(20)23/h12-13,15H,4-10H2,1-3H3/t12-,13+,15+,19-,20+/m1/s1. The molecule has 136 valence electrons. The van der Waals surface area contributed by atoms with Gasteiger partial charge >= 0.3 is 5.97 Å². The quantitative estimate of drug-likeness (QED) is 0.662. The summed E-state index contributed by atoms with van der Waals surface area (Å²) in [7, 11) is 0. The van der Waals surface area contributed by atoms with Gasteiger partial charge in [-0.1, -0.05) is 6.92 Å². The molecular weight excluding hydrogens is 336 g/mol. The summed E-state index contributed by atoms with van der Waals surface area (Å²) in [6, 6.07) is 0. The van der Waals surface area contributed by atoms with Crippen LogP contribution in [0.25, 0.3) is 0 Å². The molecule has 0 amide bonds. The number of allylic oxidation sites excluding steroid dienone is 2. The molecule has 1 heterocycles. The van der Waals surface area contributed by atoms with E-state index in [0.717, 1.165) is 48.8 Å². The van der Waals surface area contributed by atoms with Crippen molar-refractivity contribution in [1.29, 1.82) is 0 Å². The van der Waals surface area contributed by atoms with Gasteiger partial charge in [0.15, 0.2) is 10.9 Å². The van der Waals surface area contributed by atoms with E-state index in [1.54, 1.807) is 0 Å². The lowest BCUT2D eigenvalue weighted by molar-refractivity contribution is -0.148. The molecule has 5 heteroatoms. The van der Waals surface area contributed by atoms with E-state index in [-0.39, 0.29) is 27.7 Å². The smallest absolute Gasteiger partial charge is 0.312 e. The van der Waals surface area contributed by atoms with Crippen molar-refractivity contribution in [2.45, 2.75) is 59.3 Å². The van der Waals surface area contributed by atoms with E-state index in [0.29, 0.717) is 30.8 Å². The van der Waals surface area contributed by atoms with Crippen LogP contribution in [-0.2, 0) is 19.1 Å². The molecule has 1 saturated heterocycles. The molecule has 0 radical (unpaired) electrons. The Morgan fingerprint density at radius 3 is 2.56 bits per heavy atom. The summed E-state index contributed by atoms with van der Waals surface area (Å²) in [5, 5.41) is -0.00627. The van der Waals surface area contributed by atoms with Gasteiger partial charge in [0.2, 0.25) is 0 Å².